The van der Waals surface area contributed by atoms with Gasteiger partial charge in [0.25, 0.3) is 0 Å². The molecule has 3 rings (SSSR count). The Kier molecular flexibility index (Phi) is 7.73. The summed E-state index contributed by atoms with van der Waals surface area (Å²) in [6, 6.07) is 2.91. The Hall–Kier alpha value is -2.70. The van der Waals surface area contributed by atoms with Gasteiger partial charge < -0.3 is 4.18 Å². The lowest BCUT2D eigenvalue weighted by Crippen LogP contribution is -2.29. The highest BCUT2D eigenvalue weighted by atomic mass is 32.2. The van der Waals surface area contributed by atoms with Crippen molar-refractivity contribution in [3.05, 3.63) is 58.9 Å². The van der Waals surface area contributed by atoms with Crippen molar-refractivity contribution in [2.45, 2.75) is 50.7 Å². The molecule has 0 amide bonds. The SMILES string of the molecule is CCCC1CC=C(c2ccc(-c3cc(F)c(C(F)(F)F)c(F)c3OS(=O)(=O)C(F)(F)F)c(F)c2)CC1. The van der Waals surface area contributed by atoms with Crippen LogP contribution in [-0.4, -0.2) is 13.9 Å². The van der Waals surface area contributed by atoms with Crippen LogP contribution in [0.25, 0.3) is 16.7 Å². The number of hydrogen-bond donors (Lipinski definition) is 0. The molecule has 0 aromatic heterocycles. The van der Waals surface area contributed by atoms with Crippen LogP contribution in [0.2, 0.25) is 0 Å². The van der Waals surface area contributed by atoms with Crippen LogP contribution < -0.4 is 4.18 Å². The van der Waals surface area contributed by atoms with E-state index in [4.69, 9.17) is 0 Å². The molecule has 1 unspecified atom stereocenters. The van der Waals surface area contributed by atoms with Crippen LogP contribution in [0.3, 0.4) is 0 Å². The molecule has 0 saturated carbocycles. The first-order chi connectivity index (χ1) is 16.6. The zero-order chi connectivity index (χ0) is 27.1. The largest absolute Gasteiger partial charge is 0.534 e. The molecule has 2 aromatic rings. The summed E-state index contributed by atoms with van der Waals surface area (Å²) in [7, 11) is -6.69. The van der Waals surface area contributed by atoms with Crippen LogP contribution in [0.1, 0.15) is 50.2 Å². The zero-order valence-corrected chi connectivity index (χ0v) is 19.4. The molecule has 0 saturated heterocycles. The van der Waals surface area contributed by atoms with Crippen LogP contribution in [-0.2, 0) is 16.3 Å². The van der Waals surface area contributed by atoms with Crippen LogP contribution in [0.4, 0.5) is 39.5 Å². The molecule has 198 valence electrons. The fourth-order valence-corrected chi connectivity index (χ4v) is 4.53. The third-order valence-electron chi connectivity index (χ3n) is 5.78. The van der Waals surface area contributed by atoms with Gasteiger partial charge in [-0.15, -0.1) is 0 Å². The Morgan fingerprint density at radius 2 is 1.64 bits per heavy atom. The van der Waals surface area contributed by atoms with Crippen molar-refractivity contribution in [2.75, 3.05) is 0 Å². The van der Waals surface area contributed by atoms with Gasteiger partial charge in [-0.3, -0.25) is 0 Å². The van der Waals surface area contributed by atoms with Crippen molar-refractivity contribution >= 4 is 15.7 Å². The number of allylic oxidation sites excluding steroid dienone is 2. The molecule has 0 aliphatic heterocycles. The second kappa shape index (κ2) is 9.98. The van der Waals surface area contributed by atoms with E-state index in [-0.39, 0.29) is 6.07 Å². The Labute approximate surface area is 200 Å². The third-order valence-corrected chi connectivity index (χ3v) is 6.73. The number of hydrogen-bond acceptors (Lipinski definition) is 3. The van der Waals surface area contributed by atoms with E-state index >= 15 is 4.39 Å². The molecular weight excluding hydrogens is 527 g/mol. The maximum absolute atomic E-state index is 15.0. The van der Waals surface area contributed by atoms with Crippen LogP contribution in [0.5, 0.6) is 5.75 Å². The normalized spacial score (nSPS) is 17.2. The minimum atomic E-state index is -6.69. The highest BCUT2D eigenvalue weighted by Gasteiger charge is 2.50. The van der Waals surface area contributed by atoms with Crippen LogP contribution >= 0.6 is 0 Å². The molecule has 0 N–H and O–H groups in total. The number of alkyl halides is 6. The summed E-state index contributed by atoms with van der Waals surface area (Å²) in [6.07, 6.45) is 0.266. The quantitative estimate of drug-likeness (QED) is 0.210. The van der Waals surface area contributed by atoms with E-state index in [9.17, 15) is 43.5 Å². The van der Waals surface area contributed by atoms with Crippen molar-refractivity contribution in [3.63, 3.8) is 0 Å². The summed E-state index contributed by atoms with van der Waals surface area (Å²) in [5.74, 6) is -8.02. The Morgan fingerprint density at radius 1 is 0.972 bits per heavy atom. The summed E-state index contributed by atoms with van der Waals surface area (Å²) in [4.78, 5) is 0. The Balaban J connectivity index is 2.14. The van der Waals surface area contributed by atoms with Crippen molar-refractivity contribution in [1.82, 2.24) is 0 Å². The van der Waals surface area contributed by atoms with Crippen molar-refractivity contribution in [1.29, 1.82) is 0 Å². The molecule has 0 spiro atoms. The second-order valence-corrected chi connectivity index (χ2v) is 9.80. The number of halogens is 9. The van der Waals surface area contributed by atoms with Gasteiger partial charge >= 0.3 is 21.8 Å². The molecule has 0 radical (unpaired) electrons. The molecule has 13 heteroatoms. The van der Waals surface area contributed by atoms with E-state index in [0.29, 0.717) is 17.9 Å². The summed E-state index contributed by atoms with van der Waals surface area (Å²) >= 11 is 0. The molecule has 2 aromatic carbocycles. The lowest BCUT2D eigenvalue weighted by molar-refractivity contribution is -0.142. The molecule has 1 atom stereocenters. The van der Waals surface area contributed by atoms with E-state index in [1.165, 1.54) is 6.07 Å². The van der Waals surface area contributed by atoms with E-state index in [0.717, 1.165) is 43.4 Å². The van der Waals surface area contributed by atoms with Gasteiger partial charge in [0, 0.05) is 11.1 Å². The molecule has 3 nitrogen and oxygen atoms in total. The first-order valence-electron chi connectivity index (χ1n) is 10.7. The fraction of sp³-hybridized carbons (Fsp3) is 0.391. The van der Waals surface area contributed by atoms with Gasteiger partial charge in [0.1, 0.15) is 17.2 Å². The predicted molar refractivity (Wildman–Crippen MR) is 113 cm³/mol. The first-order valence-corrected chi connectivity index (χ1v) is 12.1. The molecule has 0 fully saturated rings. The third kappa shape index (κ3) is 5.65. The van der Waals surface area contributed by atoms with E-state index in [1.807, 2.05) is 13.0 Å². The van der Waals surface area contributed by atoms with Gasteiger partial charge in [0.15, 0.2) is 11.6 Å². The van der Waals surface area contributed by atoms with Gasteiger partial charge in [-0.25, -0.2) is 13.2 Å². The summed E-state index contributed by atoms with van der Waals surface area (Å²) < 4.78 is 148. The van der Waals surface area contributed by atoms with Crippen LogP contribution in [0, 0.1) is 23.4 Å². The average Bonchev–Trinajstić information content (AvgIpc) is 2.74. The van der Waals surface area contributed by atoms with Gasteiger partial charge in [0.05, 0.1) is 0 Å². The maximum atomic E-state index is 15.0. The number of rotatable bonds is 6. The average molecular weight is 546 g/mol. The maximum Gasteiger partial charge on any atom is 0.534 e. The summed E-state index contributed by atoms with van der Waals surface area (Å²) in [5.41, 5.74) is -9.90. The van der Waals surface area contributed by atoms with Gasteiger partial charge in [-0.1, -0.05) is 38.0 Å². The van der Waals surface area contributed by atoms with Gasteiger partial charge in [-0.2, -0.15) is 34.8 Å². The van der Waals surface area contributed by atoms with E-state index < -0.39 is 61.7 Å². The molecule has 1 aliphatic rings. The minimum absolute atomic E-state index is 0.125. The summed E-state index contributed by atoms with van der Waals surface area (Å²) in [6.45, 7) is 2.04. The van der Waals surface area contributed by atoms with Crippen LogP contribution in [0.15, 0.2) is 30.3 Å². The summed E-state index contributed by atoms with van der Waals surface area (Å²) in [5, 5.41) is 0. The lowest BCUT2D eigenvalue weighted by Gasteiger charge is -2.22. The minimum Gasteiger partial charge on any atom is -0.372 e. The highest BCUT2D eigenvalue weighted by Crippen LogP contribution is 2.45. The topological polar surface area (TPSA) is 43.4 Å². The standard InChI is InChI=1S/C23H19F9O3S/c1-2-3-12-4-6-13(7-5-12)14-8-9-15(17(24)10-14)16-11-18(25)19(22(27,28)29)20(26)21(16)35-36(33,34)23(30,31)32/h6,8-12H,2-5,7H2,1H3. The first kappa shape index (κ1) is 27.9. The highest BCUT2D eigenvalue weighted by molar-refractivity contribution is 7.88. The molecular formula is C23H19F9O3S. The van der Waals surface area contributed by atoms with Gasteiger partial charge in [0.2, 0.25) is 0 Å². The predicted octanol–water partition coefficient (Wildman–Crippen LogP) is 8.00. The van der Waals surface area contributed by atoms with Gasteiger partial charge in [-0.05, 0) is 48.4 Å². The smallest absolute Gasteiger partial charge is 0.372 e. The molecule has 1 aliphatic carbocycles. The molecule has 36 heavy (non-hydrogen) atoms. The molecule has 0 heterocycles. The van der Waals surface area contributed by atoms with E-state index in [2.05, 4.69) is 4.18 Å². The fourth-order valence-electron chi connectivity index (χ4n) is 4.05. The van der Waals surface area contributed by atoms with Crippen molar-refractivity contribution in [2.24, 2.45) is 5.92 Å². The molecule has 0 bridgehead atoms. The lowest BCUT2D eigenvalue weighted by atomic mass is 9.84. The van der Waals surface area contributed by atoms with E-state index in [1.54, 1.807) is 0 Å². The van der Waals surface area contributed by atoms with Crippen molar-refractivity contribution in [3.8, 4) is 16.9 Å². The zero-order valence-electron chi connectivity index (χ0n) is 18.5. The monoisotopic (exact) mass is 546 g/mol. The Bertz CT molecular complexity index is 1280. The number of benzene rings is 2. The van der Waals surface area contributed by atoms with Crippen molar-refractivity contribution < 1.29 is 52.1 Å². The Morgan fingerprint density at radius 3 is 2.14 bits per heavy atom. The second-order valence-electron chi connectivity index (χ2n) is 8.26.